The summed E-state index contributed by atoms with van der Waals surface area (Å²) >= 11 is 0. The monoisotopic (exact) mass is 166 g/mol. The Labute approximate surface area is 70.8 Å². The van der Waals surface area contributed by atoms with E-state index in [1.807, 2.05) is 30.4 Å². The van der Waals surface area contributed by atoms with Gasteiger partial charge in [0.1, 0.15) is 6.10 Å². The zero-order chi connectivity index (χ0) is 8.39. The summed E-state index contributed by atoms with van der Waals surface area (Å²) in [7, 11) is 1.58. The minimum absolute atomic E-state index is 0.0681. The molecule has 0 radical (unpaired) electrons. The standard InChI is InChI=1S/C9H10O3/c1-10-9-6-7-4-2-3-5-8(7)11-12-9/h2-6,8-9H,1H3/t8-,9+/m0/s1. The SMILES string of the molecule is CO[C@H]1C=C2C=CC=C[C@@H]2OO1. The summed E-state index contributed by atoms with van der Waals surface area (Å²) in [6.07, 6.45) is 9.25. The summed E-state index contributed by atoms with van der Waals surface area (Å²) in [6.45, 7) is 0. The maximum absolute atomic E-state index is 5.05. The molecular weight excluding hydrogens is 156 g/mol. The minimum atomic E-state index is -0.382. The second-order valence-corrected chi connectivity index (χ2v) is 2.63. The first-order valence-electron chi connectivity index (χ1n) is 3.81. The van der Waals surface area contributed by atoms with E-state index in [0.717, 1.165) is 5.57 Å². The van der Waals surface area contributed by atoms with Crippen LogP contribution in [0.15, 0.2) is 36.0 Å². The molecule has 2 aliphatic rings. The molecule has 0 saturated heterocycles. The fourth-order valence-electron chi connectivity index (χ4n) is 1.18. The summed E-state index contributed by atoms with van der Waals surface area (Å²) in [4.78, 5) is 9.97. The van der Waals surface area contributed by atoms with E-state index in [1.165, 1.54) is 0 Å². The van der Waals surface area contributed by atoms with Crippen LogP contribution in [0.1, 0.15) is 0 Å². The molecule has 1 aliphatic carbocycles. The van der Waals surface area contributed by atoms with Crippen molar-refractivity contribution < 1.29 is 14.5 Å². The number of hydrogen-bond acceptors (Lipinski definition) is 3. The van der Waals surface area contributed by atoms with Crippen LogP contribution in [0.4, 0.5) is 0 Å². The molecule has 0 saturated carbocycles. The fourth-order valence-corrected chi connectivity index (χ4v) is 1.18. The van der Waals surface area contributed by atoms with Crippen molar-refractivity contribution in [2.75, 3.05) is 7.11 Å². The molecule has 1 aliphatic heterocycles. The molecule has 3 nitrogen and oxygen atoms in total. The van der Waals surface area contributed by atoms with Crippen molar-refractivity contribution in [3.8, 4) is 0 Å². The van der Waals surface area contributed by atoms with Gasteiger partial charge in [0.05, 0.1) is 0 Å². The first-order valence-corrected chi connectivity index (χ1v) is 3.81. The molecule has 0 aromatic rings. The van der Waals surface area contributed by atoms with Crippen LogP contribution in [0.3, 0.4) is 0 Å². The van der Waals surface area contributed by atoms with E-state index in [4.69, 9.17) is 14.5 Å². The number of fused-ring (bicyclic) bond motifs is 1. The van der Waals surface area contributed by atoms with Gasteiger partial charge in [-0.3, -0.25) is 0 Å². The predicted molar refractivity (Wildman–Crippen MR) is 43.1 cm³/mol. The van der Waals surface area contributed by atoms with Crippen molar-refractivity contribution in [1.82, 2.24) is 0 Å². The lowest BCUT2D eigenvalue weighted by Gasteiger charge is -2.24. The highest BCUT2D eigenvalue weighted by molar-refractivity contribution is 5.35. The second kappa shape index (κ2) is 3.23. The molecule has 0 spiro atoms. The molecule has 1 heterocycles. The normalized spacial score (nSPS) is 32.9. The van der Waals surface area contributed by atoms with Gasteiger partial charge in [-0.1, -0.05) is 18.2 Å². The zero-order valence-corrected chi connectivity index (χ0v) is 6.77. The third kappa shape index (κ3) is 1.34. The molecule has 0 unspecified atom stereocenters. The smallest absolute Gasteiger partial charge is 0.210 e. The number of hydrogen-bond donors (Lipinski definition) is 0. The van der Waals surface area contributed by atoms with Crippen molar-refractivity contribution in [2.24, 2.45) is 0 Å². The maximum atomic E-state index is 5.05. The molecule has 0 bridgehead atoms. The van der Waals surface area contributed by atoms with Crippen LogP contribution in [0, 0.1) is 0 Å². The second-order valence-electron chi connectivity index (χ2n) is 2.63. The largest absolute Gasteiger partial charge is 0.350 e. The van der Waals surface area contributed by atoms with Crippen molar-refractivity contribution >= 4 is 0 Å². The summed E-state index contributed by atoms with van der Waals surface area (Å²) in [5.74, 6) is 0. The Morgan fingerprint density at radius 1 is 1.33 bits per heavy atom. The van der Waals surface area contributed by atoms with Crippen molar-refractivity contribution in [1.29, 1.82) is 0 Å². The molecule has 0 fully saturated rings. The molecule has 0 aromatic heterocycles. The molecule has 2 atom stereocenters. The van der Waals surface area contributed by atoms with Crippen LogP contribution in [-0.2, 0) is 14.5 Å². The number of rotatable bonds is 1. The van der Waals surface area contributed by atoms with Gasteiger partial charge in [-0.25, -0.2) is 4.89 Å². The summed E-state index contributed by atoms with van der Waals surface area (Å²) in [5.41, 5.74) is 1.08. The maximum Gasteiger partial charge on any atom is 0.210 e. The van der Waals surface area contributed by atoms with Gasteiger partial charge in [-0.2, -0.15) is 4.89 Å². The highest BCUT2D eigenvalue weighted by atomic mass is 17.2. The molecule has 0 N–H and O–H groups in total. The topological polar surface area (TPSA) is 27.7 Å². The third-order valence-electron chi connectivity index (χ3n) is 1.83. The van der Waals surface area contributed by atoms with Crippen LogP contribution in [0.5, 0.6) is 0 Å². The van der Waals surface area contributed by atoms with Crippen molar-refractivity contribution in [3.63, 3.8) is 0 Å². The van der Waals surface area contributed by atoms with E-state index in [2.05, 4.69) is 0 Å². The van der Waals surface area contributed by atoms with Gasteiger partial charge in [0, 0.05) is 7.11 Å². The van der Waals surface area contributed by atoms with Gasteiger partial charge in [0.25, 0.3) is 0 Å². The third-order valence-corrected chi connectivity index (χ3v) is 1.83. The Bertz CT molecular complexity index is 252. The quantitative estimate of drug-likeness (QED) is 0.550. The highest BCUT2D eigenvalue weighted by Gasteiger charge is 2.22. The van der Waals surface area contributed by atoms with E-state index in [0.29, 0.717) is 0 Å². The van der Waals surface area contributed by atoms with Crippen LogP contribution < -0.4 is 0 Å². The molecular formula is C9H10O3. The minimum Gasteiger partial charge on any atom is -0.350 e. The van der Waals surface area contributed by atoms with Crippen molar-refractivity contribution in [3.05, 3.63) is 36.0 Å². The van der Waals surface area contributed by atoms with Gasteiger partial charge < -0.3 is 4.74 Å². The first kappa shape index (κ1) is 7.73. The Morgan fingerprint density at radius 2 is 2.25 bits per heavy atom. The Hall–Kier alpha value is -0.900. The Balaban J connectivity index is 2.19. The number of methoxy groups -OCH3 is 1. The fraction of sp³-hybridized carbons (Fsp3) is 0.333. The summed E-state index contributed by atoms with van der Waals surface area (Å²) in [6, 6.07) is 0. The van der Waals surface area contributed by atoms with E-state index in [-0.39, 0.29) is 12.4 Å². The molecule has 0 aromatic carbocycles. The average Bonchev–Trinajstić information content (AvgIpc) is 2.17. The van der Waals surface area contributed by atoms with E-state index in [9.17, 15) is 0 Å². The Morgan fingerprint density at radius 3 is 3.08 bits per heavy atom. The van der Waals surface area contributed by atoms with Crippen LogP contribution >= 0.6 is 0 Å². The van der Waals surface area contributed by atoms with Gasteiger partial charge in [-0.05, 0) is 17.7 Å². The van der Waals surface area contributed by atoms with Gasteiger partial charge in [-0.15, -0.1) is 0 Å². The predicted octanol–water partition coefficient (Wildman–Crippen LogP) is 1.34. The highest BCUT2D eigenvalue weighted by Crippen LogP contribution is 2.21. The molecule has 12 heavy (non-hydrogen) atoms. The average molecular weight is 166 g/mol. The summed E-state index contributed by atoms with van der Waals surface area (Å²) < 4.78 is 4.96. The number of allylic oxidation sites excluding steroid dienone is 2. The molecule has 0 amide bonds. The van der Waals surface area contributed by atoms with E-state index < -0.39 is 0 Å². The lowest BCUT2D eigenvalue weighted by atomic mass is 10.0. The molecule has 3 heteroatoms. The van der Waals surface area contributed by atoms with Crippen LogP contribution in [-0.4, -0.2) is 19.5 Å². The van der Waals surface area contributed by atoms with E-state index in [1.54, 1.807) is 7.11 Å². The first-order chi connectivity index (χ1) is 5.90. The zero-order valence-electron chi connectivity index (χ0n) is 6.77. The van der Waals surface area contributed by atoms with Gasteiger partial charge in [0.15, 0.2) is 0 Å². The molecule has 64 valence electrons. The molecule has 2 rings (SSSR count). The van der Waals surface area contributed by atoms with Gasteiger partial charge >= 0.3 is 0 Å². The summed E-state index contributed by atoms with van der Waals surface area (Å²) in [5, 5.41) is 0. The van der Waals surface area contributed by atoms with Gasteiger partial charge in [0.2, 0.25) is 6.29 Å². The Kier molecular flexibility index (Phi) is 2.08. The van der Waals surface area contributed by atoms with Crippen LogP contribution in [0.2, 0.25) is 0 Å². The van der Waals surface area contributed by atoms with Crippen LogP contribution in [0.25, 0.3) is 0 Å². The lowest BCUT2D eigenvalue weighted by Crippen LogP contribution is -2.26. The lowest BCUT2D eigenvalue weighted by molar-refractivity contribution is -0.376. The number of ether oxygens (including phenoxy) is 1. The van der Waals surface area contributed by atoms with Crippen molar-refractivity contribution in [2.45, 2.75) is 12.4 Å². The van der Waals surface area contributed by atoms with E-state index >= 15 is 0 Å².